The lowest BCUT2D eigenvalue weighted by atomic mass is 9.82. The molecular formula is C29H30FN3O6. The van der Waals surface area contributed by atoms with Crippen LogP contribution in [0.1, 0.15) is 67.0 Å². The Morgan fingerprint density at radius 1 is 1.13 bits per heavy atom. The number of pyridine rings is 1. The van der Waals surface area contributed by atoms with Crippen molar-refractivity contribution in [3.8, 4) is 22.9 Å². The topological polar surface area (TPSA) is 113 Å². The van der Waals surface area contributed by atoms with E-state index in [0.29, 0.717) is 36.9 Å². The molecule has 204 valence electrons. The molecule has 2 aliphatic heterocycles. The van der Waals surface area contributed by atoms with Gasteiger partial charge in [0.15, 0.2) is 5.82 Å². The first-order valence-electron chi connectivity index (χ1n) is 13.2. The molecule has 4 heterocycles. The van der Waals surface area contributed by atoms with Crippen LogP contribution in [0, 0.1) is 17.7 Å². The molecule has 1 aliphatic carbocycles. The van der Waals surface area contributed by atoms with Crippen LogP contribution in [0.25, 0.3) is 11.3 Å². The summed E-state index contributed by atoms with van der Waals surface area (Å²) in [6.45, 7) is 2.57. The Labute approximate surface area is 225 Å². The zero-order valence-corrected chi connectivity index (χ0v) is 21.8. The Morgan fingerprint density at radius 3 is 2.64 bits per heavy atom. The molecule has 9 nitrogen and oxygen atoms in total. The first kappa shape index (κ1) is 25.6. The standard InChI is InChI=1S/C29H30FN3O6/c1-15(28(34)35)25(17-4-5-17)18-6-3-16-7-8-22(39-23(16)11-18)21-14-32-26(27(33-21)29-37-9-10-38-29)19-12-24(36-2)31-13-20(19)30/h3,6,11-15,17,22,25,29H,4-5,7-10H2,1-2H3,(H,34,35)/t15-,22?,25-/m0/s1. The molecule has 1 saturated carbocycles. The summed E-state index contributed by atoms with van der Waals surface area (Å²) >= 11 is 0. The number of aromatic nitrogens is 3. The smallest absolute Gasteiger partial charge is 0.306 e. The van der Waals surface area contributed by atoms with Crippen molar-refractivity contribution in [2.24, 2.45) is 11.8 Å². The van der Waals surface area contributed by atoms with E-state index in [0.717, 1.165) is 42.3 Å². The molecule has 1 unspecified atom stereocenters. The van der Waals surface area contributed by atoms with Gasteiger partial charge in [0.25, 0.3) is 0 Å². The number of carboxylic acid groups (broad SMARTS) is 1. The first-order chi connectivity index (χ1) is 18.9. The van der Waals surface area contributed by atoms with E-state index in [4.69, 9.17) is 23.9 Å². The molecule has 1 aromatic carbocycles. The predicted octanol–water partition coefficient (Wildman–Crippen LogP) is 5.01. The SMILES string of the molecule is COc1cc(-c2ncc(C3CCc4ccc([C@H](C5CC5)[C@H](C)C(=O)O)cc4O3)nc2C2OCCO2)c(F)cn1. The fraction of sp³-hybridized carbons (Fsp3) is 0.448. The lowest BCUT2D eigenvalue weighted by Gasteiger charge is -2.28. The van der Waals surface area contributed by atoms with Gasteiger partial charge in [-0.1, -0.05) is 19.1 Å². The number of hydrogen-bond acceptors (Lipinski definition) is 8. The van der Waals surface area contributed by atoms with Gasteiger partial charge in [-0.25, -0.2) is 14.4 Å². The number of hydrogen-bond donors (Lipinski definition) is 1. The molecule has 39 heavy (non-hydrogen) atoms. The minimum Gasteiger partial charge on any atom is -0.484 e. The number of rotatable bonds is 8. The third-order valence-corrected chi connectivity index (χ3v) is 7.77. The average molecular weight is 536 g/mol. The Balaban J connectivity index is 1.33. The molecule has 0 bridgehead atoms. The molecule has 3 atom stereocenters. The fourth-order valence-electron chi connectivity index (χ4n) is 5.55. The third kappa shape index (κ3) is 5.06. The summed E-state index contributed by atoms with van der Waals surface area (Å²) in [5, 5.41) is 9.69. The van der Waals surface area contributed by atoms with E-state index < -0.39 is 24.0 Å². The molecule has 0 spiro atoms. The van der Waals surface area contributed by atoms with Crippen molar-refractivity contribution in [1.29, 1.82) is 0 Å². The van der Waals surface area contributed by atoms with Gasteiger partial charge in [0.1, 0.15) is 23.2 Å². The Hall–Kier alpha value is -3.63. The number of aryl methyl sites for hydroxylation is 1. The molecular weight excluding hydrogens is 505 g/mol. The van der Waals surface area contributed by atoms with E-state index in [9.17, 15) is 14.3 Å². The van der Waals surface area contributed by atoms with Gasteiger partial charge in [-0.3, -0.25) is 9.78 Å². The van der Waals surface area contributed by atoms with Crippen molar-refractivity contribution in [3.05, 3.63) is 65.0 Å². The normalized spacial score (nSPS) is 20.6. The van der Waals surface area contributed by atoms with Gasteiger partial charge in [-0.2, -0.15) is 0 Å². The second-order valence-electron chi connectivity index (χ2n) is 10.3. The van der Waals surface area contributed by atoms with E-state index in [1.54, 1.807) is 13.1 Å². The van der Waals surface area contributed by atoms with E-state index in [2.05, 4.69) is 9.97 Å². The highest BCUT2D eigenvalue weighted by Gasteiger charge is 2.39. The average Bonchev–Trinajstić information content (AvgIpc) is 3.63. The predicted molar refractivity (Wildman–Crippen MR) is 137 cm³/mol. The highest BCUT2D eigenvalue weighted by Crippen LogP contribution is 2.48. The molecule has 10 heteroatoms. The summed E-state index contributed by atoms with van der Waals surface area (Å²) in [5.74, 6) is -0.507. The van der Waals surface area contributed by atoms with Crippen LogP contribution in [0.3, 0.4) is 0 Å². The lowest BCUT2D eigenvalue weighted by Crippen LogP contribution is -2.22. The van der Waals surface area contributed by atoms with E-state index in [1.165, 1.54) is 13.2 Å². The monoisotopic (exact) mass is 535 g/mol. The van der Waals surface area contributed by atoms with Crippen LogP contribution >= 0.6 is 0 Å². The summed E-state index contributed by atoms with van der Waals surface area (Å²) in [6, 6.07) is 7.56. The number of benzene rings is 1. The quantitative estimate of drug-likeness (QED) is 0.425. The summed E-state index contributed by atoms with van der Waals surface area (Å²) in [4.78, 5) is 25.1. The number of fused-ring (bicyclic) bond motifs is 1. The Morgan fingerprint density at radius 2 is 1.92 bits per heavy atom. The van der Waals surface area contributed by atoms with Gasteiger partial charge in [-0.15, -0.1) is 0 Å². The van der Waals surface area contributed by atoms with Crippen LogP contribution in [0.2, 0.25) is 0 Å². The fourth-order valence-corrected chi connectivity index (χ4v) is 5.55. The number of ether oxygens (including phenoxy) is 4. The van der Waals surface area contributed by atoms with Gasteiger partial charge >= 0.3 is 5.97 Å². The van der Waals surface area contributed by atoms with Gasteiger partial charge in [0, 0.05) is 11.6 Å². The highest BCUT2D eigenvalue weighted by molar-refractivity contribution is 5.71. The third-order valence-electron chi connectivity index (χ3n) is 7.77. The van der Waals surface area contributed by atoms with Crippen molar-refractivity contribution in [2.75, 3.05) is 20.3 Å². The number of carbonyl (C=O) groups is 1. The number of nitrogens with zero attached hydrogens (tertiary/aromatic N) is 3. The summed E-state index contributed by atoms with van der Waals surface area (Å²) in [5.41, 5.74) is 3.49. The van der Waals surface area contributed by atoms with Gasteiger partial charge < -0.3 is 24.1 Å². The summed E-state index contributed by atoms with van der Waals surface area (Å²) < 4.78 is 37.9. The number of carboxylic acids is 1. The van der Waals surface area contributed by atoms with Crippen LogP contribution in [0.4, 0.5) is 4.39 Å². The number of aliphatic carboxylic acids is 1. The van der Waals surface area contributed by atoms with Crippen LogP contribution in [0.15, 0.2) is 36.7 Å². The van der Waals surface area contributed by atoms with Crippen LogP contribution in [-0.4, -0.2) is 46.4 Å². The zero-order chi connectivity index (χ0) is 27.1. The summed E-state index contributed by atoms with van der Waals surface area (Å²) in [7, 11) is 1.46. The molecule has 0 amide bonds. The molecule has 1 saturated heterocycles. The molecule has 3 aromatic rings. The highest BCUT2D eigenvalue weighted by atomic mass is 19.1. The maximum Gasteiger partial charge on any atom is 0.306 e. The van der Waals surface area contributed by atoms with E-state index >= 15 is 0 Å². The second kappa shape index (κ2) is 10.5. The van der Waals surface area contributed by atoms with Crippen molar-refractivity contribution < 1.29 is 33.2 Å². The van der Waals surface area contributed by atoms with E-state index in [-0.39, 0.29) is 29.2 Å². The maximum absolute atomic E-state index is 14.8. The minimum atomic E-state index is -0.787. The van der Waals surface area contributed by atoms with Crippen molar-refractivity contribution in [1.82, 2.24) is 15.0 Å². The molecule has 0 radical (unpaired) electrons. The second-order valence-corrected chi connectivity index (χ2v) is 10.3. The molecule has 6 rings (SSSR count). The van der Waals surface area contributed by atoms with Gasteiger partial charge in [-0.05, 0) is 54.7 Å². The maximum atomic E-state index is 14.8. The summed E-state index contributed by atoms with van der Waals surface area (Å²) in [6.07, 6.45) is 5.05. The molecule has 3 aliphatic rings. The zero-order valence-electron chi connectivity index (χ0n) is 21.8. The molecule has 2 fully saturated rings. The van der Waals surface area contributed by atoms with Crippen molar-refractivity contribution >= 4 is 5.97 Å². The van der Waals surface area contributed by atoms with Crippen LogP contribution in [-0.2, 0) is 20.7 Å². The van der Waals surface area contributed by atoms with Crippen molar-refractivity contribution in [3.63, 3.8) is 0 Å². The van der Waals surface area contributed by atoms with Crippen molar-refractivity contribution in [2.45, 2.75) is 50.9 Å². The lowest BCUT2D eigenvalue weighted by molar-refractivity contribution is -0.142. The van der Waals surface area contributed by atoms with Gasteiger partial charge in [0.05, 0.1) is 44.3 Å². The van der Waals surface area contributed by atoms with Crippen LogP contribution < -0.4 is 9.47 Å². The number of methoxy groups -OCH3 is 1. The Kier molecular flexibility index (Phi) is 6.90. The first-order valence-corrected chi connectivity index (χ1v) is 13.2. The van der Waals surface area contributed by atoms with Gasteiger partial charge in [0.2, 0.25) is 12.2 Å². The van der Waals surface area contributed by atoms with Crippen LogP contribution in [0.5, 0.6) is 11.6 Å². The van der Waals surface area contributed by atoms with E-state index in [1.807, 2.05) is 18.2 Å². The minimum absolute atomic E-state index is 0.0497. The molecule has 1 N–H and O–H groups in total. The number of halogens is 1. The Bertz CT molecular complexity index is 1390. The largest absolute Gasteiger partial charge is 0.484 e. The molecule has 2 aromatic heterocycles.